The third-order valence-electron chi connectivity index (χ3n) is 2.57. The highest BCUT2D eigenvalue weighted by molar-refractivity contribution is 5.94. The molecule has 1 rings (SSSR count). The molecule has 0 aliphatic heterocycles. The first-order valence-corrected chi connectivity index (χ1v) is 6.05. The predicted molar refractivity (Wildman–Crippen MR) is 67.7 cm³/mol. The Balaban J connectivity index is 2.77. The van der Waals surface area contributed by atoms with Crippen LogP contribution >= 0.6 is 0 Å². The Hall–Kier alpha value is -1.31. The molecule has 0 atom stereocenters. The molecule has 0 heterocycles. The molecule has 0 aromatic heterocycles. The Morgan fingerprint density at radius 3 is 2.00 bits per heavy atom. The quantitative estimate of drug-likeness (QED) is 0.744. The largest absolute Gasteiger partial charge is 0.339 e. The standard InChI is InChI=1S/C14H21NO/c1-4-10-15(11-5-2)14(16)13-8-6-12(3)7-9-13/h6-9H,4-5,10-11H2,1-3H3. The van der Waals surface area contributed by atoms with Gasteiger partial charge in [-0.25, -0.2) is 0 Å². The van der Waals surface area contributed by atoms with Crippen LogP contribution in [-0.2, 0) is 0 Å². The molecule has 2 heteroatoms. The Morgan fingerprint density at radius 1 is 1.06 bits per heavy atom. The summed E-state index contributed by atoms with van der Waals surface area (Å²) in [4.78, 5) is 14.1. The van der Waals surface area contributed by atoms with Crippen LogP contribution < -0.4 is 0 Å². The van der Waals surface area contributed by atoms with Crippen molar-refractivity contribution in [3.63, 3.8) is 0 Å². The van der Waals surface area contributed by atoms with Gasteiger partial charge in [-0.2, -0.15) is 0 Å². The average Bonchev–Trinajstić information content (AvgIpc) is 2.29. The SMILES string of the molecule is CCCN(CCC)C(=O)c1ccc(C)cc1. The van der Waals surface area contributed by atoms with Gasteiger partial charge < -0.3 is 4.90 Å². The number of amides is 1. The predicted octanol–water partition coefficient (Wildman–Crippen LogP) is 3.26. The van der Waals surface area contributed by atoms with Crippen LogP contribution in [0.4, 0.5) is 0 Å². The molecule has 0 aliphatic carbocycles. The first-order valence-electron chi connectivity index (χ1n) is 6.05. The number of carbonyl (C=O) groups excluding carboxylic acids is 1. The normalized spacial score (nSPS) is 10.2. The molecule has 1 aromatic carbocycles. The summed E-state index contributed by atoms with van der Waals surface area (Å²) in [6, 6.07) is 7.80. The smallest absolute Gasteiger partial charge is 0.253 e. The van der Waals surface area contributed by atoms with E-state index in [1.807, 2.05) is 36.1 Å². The molecule has 0 fully saturated rings. The van der Waals surface area contributed by atoms with Crippen molar-refractivity contribution in [2.24, 2.45) is 0 Å². The molecule has 88 valence electrons. The van der Waals surface area contributed by atoms with Gasteiger partial charge in [-0.3, -0.25) is 4.79 Å². The highest BCUT2D eigenvalue weighted by Crippen LogP contribution is 2.08. The fourth-order valence-electron chi connectivity index (χ4n) is 1.73. The fourth-order valence-corrected chi connectivity index (χ4v) is 1.73. The first kappa shape index (κ1) is 12.8. The number of carbonyl (C=O) groups is 1. The van der Waals surface area contributed by atoms with Gasteiger partial charge in [0.2, 0.25) is 0 Å². The maximum absolute atomic E-state index is 12.2. The zero-order valence-corrected chi connectivity index (χ0v) is 10.5. The van der Waals surface area contributed by atoms with Gasteiger partial charge in [0.05, 0.1) is 0 Å². The van der Waals surface area contributed by atoms with E-state index < -0.39 is 0 Å². The number of hydrogen-bond acceptors (Lipinski definition) is 1. The van der Waals surface area contributed by atoms with Crippen LogP contribution in [0.3, 0.4) is 0 Å². The van der Waals surface area contributed by atoms with Crippen molar-refractivity contribution in [1.82, 2.24) is 4.90 Å². The lowest BCUT2D eigenvalue weighted by molar-refractivity contribution is 0.0755. The van der Waals surface area contributed by atoms with Crippen LogP contribution in [0.2, 0.25) is 0 Å². The van der Waals surface area contributed by atoms with Crippen LogP contribution in [0.15, 0.2) is 24.3 Å². The summed E-state index contributed by atoms with van der Waals surface area (Å²) in [5, 5.41) is 0. The van der Waals surface area contributed by atoms with E-state index in [1.165, 1.54) is 5.56 Å². The van der Waals surface area contributed by atoms with Crippen molar-refractivity contribution in [3.8, 4) is 0 Å². The molecule has 1 aromatic rings. The summed E-state index contributed by atoms with van der Waals surface area (Å²) >= 11 is 0. The molecule has 0 aliphatic rings. The maximum atomic E-state index is 12.2. The Kier molecular flexibility index (Phi) is 5.03. The number of benzene rings is 1. The Labute approximate surface area is 98.3 Å². The van der Waals surface area contributed by atoms with Gasteiger partial charge in [-0.1, -0.05) is 31.5 Å². The minimum atomic E-state index is 0.156. The van der Waals surface area contributed by atoms with E-state index in [2.05, 4.69) is 13.8 Å². The van der Waals surface area contributed by atoms with Crippen molar-refractivity contribution in [1.29, 1.82) is 0 Å². The van der Waals surface area contributed by atoms with Gasteiger partial charge in [0.1, 0.15) is 0 Å². The van der Waals surface area contributed by atoms with Crippen LogP contribution in [0.5, 0.6) is 0 Å². The van der Waals surface area contributed by atoms with Crippen molar-refractivity contribution in [2.45, 2.75) is 33.6 Å². The summed E-state index contributed by atoms with van der Waals surface area (Å²) in [6.07, 6.45) is 2.02. The van der Waals surface area contributed by atoms with E-state index in [1.54, 1.807) is 0 Å². The summed E-state index contributed by atoms with van der Waals surface area (Å²) in [5.74, 6) is 0.156. The molecular weight excluding hydrogens is 198 g/mol. The zero-order valence-electron chi connectivity index (χ0n) is 10.5. The molecular formula is C14H21NO. The van der Waals surface area contributed by atoms with E-state index in [0.29, 0.717) is 0 Å². The number of aryl methyl sites for hydroxylation is 1. The molecule has 0 saturated heterocycles. The fraction of sp³-hybridized carbons (Fsp3) is 0.500. The second kappa shape index (κ2) is 6.31. The highest BCUT2D eigenvalue weighted by Gasteiger charge is 2.13. The maximum Gasteiger partial charge on any atom is 0.253 e. The van der Waals surface area contributed by atoms with E-state index >= 15 is 0 Å². The van der Waals surface area contributed by atoms with Gasteiger partial charge in [0.15, 0.2) is 0 Å². The molecule has 16 heavy (non-hydrogen) atoms. The third kappa shape index (κ3) is 3.37. The van der Waals surface area contributed by atoms with Crippen LogP contribution in [-0.4, -0.2) is 23.9 Å². The van der Waals surface area contributed by atoms with E-state index in [0.717, 1.165) is 31.5 Å². The van der Waals surface area contributed by atoms with E-state index in [4.69, 9.17) is 0 Å². The van der Waals surface area contributed by atoms with Gasteiger partial charge in [0.25, 0.3) is 5.91 Å². The lowest BCUT2D eigenvalue weighted by Crippen LogP contribution is -2.32. The average molecular weight is 219 g/mol. The third-order valence-corrected chi connectivity index (χ3v) is 2.57. The molecule has 0 spiro atoms. The minimum Gasteiger partial charge on any atom is -0.339 e. The highest BCUT2D eigenvalue weighted by atomic mass is 16.2. The number of rotatable bonds is 5. The minimum absolute atomic E-state index is 0.156. The molecule has 2 nitrogen and oxygen atoms in total. The van der Waals surface area contributed by atoms with Crippen molar-refractivity contribution < 1.29 is 4.79 Å². The molecule has 1 amide bonds. The lowest BCUT2D eigenvalue weighted by atomic mass is 10.1. The monoisotopic (exact) mass is 219 g/mol. The Morgan fingerprint density at radius 2 is 1.56 bits per heavy atom. The van der Waals surface area contributed by atoms with Crippen LogP contribution in [0.1, 0.15) is 42.6 Å². The van der Waals surface area contributed by atoms with Crippen molar-refractivity contribution in [3.05, 3.63) is 35.4 Å². The summed E-state index contributed by atoms with van der Waals surface area (Å²) in [6.45, 7) is 7.93. The van der Waals surface area contributed by atoms with Crippen molar-refractivity contribution >= 4 is 5.91 Å². The molecule has 0 N–H and O–H groups in total. The van der Waals surface area contributed by atoms with Crippen LogP contribution in [0.25, 0.3) is 0 Å². The van der Waals surface area contributed by atoms with E-state index in [9.17, 15) is 4.79 Å². The number of hydrogen-bond donors (Lipinski definition) is 0. The molecule has 0 saturated carbocycles. The first-order chi connectivity index (χ1) is 7.69. The van der Waals surface area contributed by atoms with Gasteiger partial charge >= 0.3 is 0 Å². The van der Waals surface area contributed by atoms with Crippen molar-refractivity contribution in [2.75, 3.05) is 13.1 Å². The van der Waals surface area contributed by atoms with Gasteiger partial charge in [-0.15, -0.1) is 0 Å². The topological polar surface area (TPSA) is 20.3 Å². The number of nitrogens with zero attached hydrogens (tertiary/aromatic N) is 1. The van der Waals surface area contributed by atoms with E-state index in [-0.39, 0.29) is 5.91 Å². The molecule has 0 bridgehead atoms. The van der Waals surface area contributed by atoms with Gasteiger partial charge in [-0.05, 0) is 31.9 Å². The lowest BCUT2D eigenvalue weighted by Gasteiger charge is -2.21. The van der Waals surface area contributed by atoms with Crippen LogP contribution in [0, 0.1) is 6.92 Å². The zero-order chi connectivity index (χ0) is 12.0. The van der Waals surface area contributed by atoms with Gasteiger partial charge in [0, 0.05) is 18.7 Å². The Bertz CT molecular complexity index is 323. The summed E-state index contributed by atoms with van der Waals surface area (Å²) in [5.41, 5.74) is 1.99. The summed E-state index contributed by atoms with van der Waals surface area (Å²) in [7, 11) is 0. The molecule has 0 radical (unpaired) electrons. The molecule has 0 unspecified atom stereocenters. The summed E-state index contributed by atoms with van der Waals surface area (Å²) < 4.78 is 0. The second-order valence-corrected chi connectivity index (χ2v) is 4.16. The second-order valence-electron chi connectivity index (χ2n) is 4.16.